The fourth-order valence-corrected chi connectivity index (χ4v) is 3.21. The number of aromatic nitrogens is 2. The van der Waals surface area contributed by atoms with Crippen molar-refractivity contribution >= 4 is 29.1 Å². The zero-order valence-corrected chi connectivity index (χ0v) is 17.0. The number of piperidine rings is 1. The van der Waals surface area contributed by atoms with Crippen molar-refractivity contribution < 1.29 is 27.5 Å². The molecular formula is C19H18ClF3N4O4. The third-order valence-corrected chi connectivity index (χ3v) is 5.04. The highest BCUT2D eigenvalue weighted by atomic mass is 35.5. The summed E-state index contributed by atoms with van der Waals surface area (Å²) in [7, 11) is 1.40. The summed E-state index contributed by atoms with van der Waals surface area (Å²) < 4.78 is 45.3. The number of hydrogen-bond acceptors (Lipinski definition) is 5. The summed E-state index contributed by atoms with van der Waals surface area (Å²) in [5.74, 6) is -1.88. The molecule has 2 amide bonds. The van der Waals surface area contributed by atoms with Gasteiger partial charge in [0, 0.05) is 39.2 Å². The molecule has 1 aliphatic heterocycles. The minimum atomic E-state index is -4.53. The third kappa shape index (κ3) is 5.35. The number of anilines is 1. The first-order valence-corrected chi connectivity index (χ1v) is 9.60. The van der Waals surface area contributed by atoms with Gasteiger partial charge in [0.1, 0.15) is 17.5 Å². The number of ether oxygens (including phenoxy) is 1. The molecule has 0 unspecified atom stereocenters. The van der Waals surface area contributed by atoms with Crippen LogP contribution in [-0.4, -0.2) is 45.7 Å². The summed E-state index contributed by atoms with van der Waals surface area (Å²) in [4.78, 5) is 37.8. The molecule has 1 fully saturated rings. The van der Waals surface area contributed by atoms with E-state index in [-0.39, 0.29) is 29.5 Å². The minimum Gasteiger partial charge on any atom is -0.489 e. The molecule has 0 saturated carbocycles. The van der Waals surface area contributed by atoms with Crippen LogP contribution in [0.25, 0.3) is 0 Å². The lowest BCUT2D eigenvalue weighted by molar-refractivity contribution is -0.144. The minimum absolute atomic E-state index is 0.0461. The Morgan fingerprint density at radius 1 is 1.23 bits per heavy atom. The van der Waals surface area contributed by atoms with Crippen molar-refractivity contribution in [2.75, 3.05) is 18.4 Å². The quantitative estimate of drug-likeness (QED) is 0.713. The first-order chi connectivity index (χ1) is 14.6. The van der Waals surface area contributed by atoms with Gasteiger partial charge in [0.25, 0.3) is 5.56 Å². The van der Waals surface area contributed by atoms with Crippen LogP contribution >= 0.6 is 11.6 Å². The van der Waals surface area contributed by atoms with E-state index in [1.807, 2.05) is 0 Å². The number of halogens is 4. The Morgan fingerprint density at radius 2 is 1.90 bits per heavy atom. The molecule has 8 nitrogen and oxygen atoms in total. The predicted molar refractivity (Wildman–Crippen MR) is 105 cm³/mol. The number of amides is 2. The van der Waals surface area contributed by atoms with Gasteiger partial charge in [-0.2, -0.15) is 18.3 Å². The lowest BCUT2D eigenvalue weighted by Crippen LogP contribution is -2.46. The largest absolute Gasteiger partial charge is 0.489 e. The molecular weight excluding hydrogens is 441 g/mol. The van der Waals surface area contributed by atoms with Crippen molar-refractivity contribution in [2.45, 2.75) is 25.1 Å². The normalized spacial score (nSPS) is 14.9. The van der Waals surface area contributed by atoms with Crippen LogP contribution in [0, 0.1) is 0 Å². The molecule has 1 aliphatic rings. The Balaban J connectivity index is 1.58. The maximum atomic E-state index is 12.9. The van der Waals surface area contributed by atoms with Crippen LogP contribution in [0.5, 0.6) is 5.75 Å². The summed E-state index contributed by atoms with van der Waals surface area (Å²) in [6.07, 6.45) is -3.10. The predicted octanol–water partition coefficient (Wildman–Crippen LogP) is 2.46. The average Bonchev–Trinajstić information content (AvgIpc) is 2.72. The molecule has 31 heavy (non-hydrogen) atoms. The molecule has 166 valence electrons. The number of carbonyl (C=O) groups excluding carboxylic acids is 2. The van der Waals surface area contributed by atoms with Crippen LogP contribution in [-0.2, 0) is 22.8 Å². The number of nitrogens with one attached hydrogen (secondary N) is 1. The molecule has 3 rings (SSSR count). The summed E-state index contributed by atoms with van der Waals surface area (Å²) in [5, 5.41) is 6.04. The Kier molecular flexibility index (Phi) is 6.54. The second-order valence-electron chi connectivity index (χ2n) is 6.88. The van der Waals surface area contributed by atoms with E-state index in [0.29, 0.717) is 12.8 Å². The Hall–Kier alpha value is -3.08. The van der Waals surface area contributed by atoms with E-state index >= 15 is 0 Å². The van der Waals surface area contributed by atoms with Crippen molar-refractivity contribution in [1.29, 1.82) is 0 Å². The van der Waals surface area contributed by atoms with Crippen molar-refractivity contribution in [3.8, 4) is 5.75 Å². The van der Waals surface area contributed by atoms with Gasteiger partial charge >= 0.3 is 18.0 Å². The number of alkyl halides is 3. The summed E-state index contributed by atoms with van der Waals surface area (Å²) >= 11 is 5.95. The van der Waals surface area contributed by atoms with Gasteiger partial charge in [-0.15, -0.1) is 0 Å². The van der Waals surface area contributed by atoms with E-state index in [0.717, 1.165) is 22.9 Å². The molecule has 12 heteroatoms. The monoisotopic (exact) mass is 458 g/mol. The van der Waals surface area contributed by atoms with Gasteiger partial charge in [0.15, 0.2) is 0 Å². The smallest absolute Gasteiger partial charge is 0.416 e. The second kappa shape index (κ2) is 8.96. The number of likely N-dealkylation sites (tertiary alicyclic amines) is 1. The maximum Gasteiger partial charge on any atom is 0.416 e. The van der Waals surface area contributed by atoms with E-state index in [2.05, 4.69) is 10.4 Å². The van der Waals surface area contributed by atoms with E-state index in [1.54, 1.807) is 0 Å². The first kappa shape index (κ1) is 22.6. The van der Waals surface area contributed by atoms with Crippen LogP contribution in [0.4, 0.5) is 18.9 Å². The zero-order valence-electron chi connectivity index (χ0n) is 16.3. The number of benzene rings is 1. The Bertz CT molecular complexity index is 1050. The fraction of sp³-hybridized carbons (Fsp3) is 0.368. The molecule has 1 aromatic carbocycles. The van der Waals surface area contributed by atoms with Crippen molar-refractivity contribution in [1.82, 2.24) is 14.7 Å². The number of nitrogens with zero attached hydrogens (tertiary/aromatic N) is 3. The first-order valence-electron chi connectivity index (χ1n) is 9.22. The van der Waals surface area contributed by atoms with Crippen molar-refractivity contribution in [3.05, 3.63) is 51.4 Å². The zero-order chi connectivity index (χ0) is 22.8. The highest BCUT2D eigenvalue weighted by Gasteiger charge is 2.32. The van der Waals surface area contributed by atoms with Gasteiger partial charge in [-0.1, -0.05) is 11.6 Å². The van der Waals surface area contributed by atoms with E-state index in [1.165, 1.54) is 24.2 Å². The Morgan fingerprint density at radius 3 is 2.55 bits per heavy atom. The van der Waals surface area contributed by atoms with Gasteiger partial charge < -0.3 is 15.0 Å². The van der Waals surface area contributed by atoms with Gasteiger partial charge in [-0.05, 0) is 24.3 Å². The molecule has 2 aromatic rings. The fourth-order valence-electron chi connectivity index (χ4n) is 3.05. The Labute approximate surface area is 179 Å². The maximum absolute atomic E-state index is 12.9. The third-order valence-electron chi connectivity index (χ3n) is 4.73. The number of carbonyl (C=O) groups is 2. The molecule has 1 aromatic heterocycles. The average molecular weight is 459 g/mol. The van der Waals surface area contributed by atoms with Gasteiger partial charge in [-0.3, -0.25) is 14.4 Å². The van der Waals surface area contributed by atoms with Crippen LogP contribution in [0.3, 0.4) is 0 Å². The lowest BCUT2D eigenvalue weighted by atomic mass is 10.1. The molecule has 0 bridgehead atoms. The summed E-state index contributed by atoms with van der Waals surface area (Å²) in [5.41, 5.74) is -1.51. The summed E-state index contributed by atoms with van der Waals surface area (Å²) in [6, 6.07) is 4.10. The molecule has 1 saturated heterocycles. The van der Waals surface area contributed by atoms with Crippen LogP contribution in [0.1, 0.15) is 18.4 Å². The van der Waals surface area contributed by atoms with Crippen molar-refractivity contribution in [2.24, 2.45) is 7.05 Å². The highest BCUT2D eigenvalue weighted by molar-refractivity contribution is 6.39. The number of rotatable bonds is 3. The highest BCUT2D eigenvalue weighted by Crippen LogP contribution is 2.36. The number of aryl methyl sites for hydroxylation is 1. The standard InChI is InChI=1S/C19H18ClF3N4O4/c1-26-17(29)14(4-7-24-26)25-16(28)18(30)27-8-5-12(6-9-27)31-15-10-11(19(21,22)23)2-3-13(15)20/h2-4,7,10,12H,5-6,8-9H2,1H3,(H,25,28). The molecule has 2 heterocycles. The van der Waals surface area contributed by atoms with Gasteiger partial charge in [0.05, 0.1) is 10.6 Å². The van der Waals surface area contributed by atoms with E-state index in [4.69, 9.17) is 16.3 Å². The van der Waals surface area contributed by atoms with Gasteiger partial charge in [-0.25, -0.2) is 4.68 Å². The topological polar surface area (TPSA) is 93.5 Å². The molecule has 0 radical (unpaired) electrons. The molecule has 1 N–H and O–H groups in total. The summed E-state index contributed by atoms with van der Waals surface area (Å²) in [6.45, 7) is 0.309. The second-order valence-corrected chi connectivity index (χ2v) is 7.29. The van der Waals surface area contributed by atoms with E-state index in [9.17, 15) is 27.6 Å². The molecule has 0 atom stereocenters. The van der Waals surface area contributed by atoms with Crippen LogP contribution in [0.15, 0.2) is 35.3 Å². The van der Waals surface area contributed by atoms with Gasteiger partial charge in [0.2, 0.25) is 0 Å². The number of hydrogen-bond donors (Lipinski definition) is 1. The SMILES string of the molecule is Cn1nccc(NC(=O)C(=O)N2CCC(Oc3cc(C(F)(F)F)ccc3Cl)CC2)c1=O. The molecule has 0 aliphatic carbocycles. The van der Waals surface area contributed by atoms with Crippen molar-refractivity contribution in [3.63, 3.8) is 0 Å². The molecule has 0 spiro atoms. The van der Waals surface area contributed by atoms with E-state index < -0.39 is 35.2 Å². The van der Waals surface area contributed by atoms with Crippen LogP contribution < -0.4 is 15.6 Å². The lowest BCUT2D eigenvalue weighted by Gasteiger charge is -2.32. The van der Waals surface area contributed by atoms with Crippen LogP contribution in [0.2, 0.25) is 5.02 Å².